The molecular weight excluding hydrogens is 965 g/mol. The monoisotopic (exact) mass is 1010 g/mol. The van der Waals surface area contributed by atoms with E-state index in [1.807, 2.05) is 97.1 Å². The molecule has 4 heterocycles. The van der Waals surface area contributed by atoms with Crippen molar-refractivity contribution >= 4 is 71.1 Å². The lowest BCUT2D eigenvalue weighted by atomic mass is 9.92. The predicted octanol–water partition coefficient (Wildman–Crippen LogP) is 17.9. The first-order valence-electron chi connectivity index (χ1n) is 26.2. The van der Waals surface area contributed by atoms with Gasteiger partial charge in [-0.25, -0.2) is 19.8 Å². The number of benzene rings is 11. The molecule has 0 spiro atoms. The SMILES string of the molecule is [C-]#[N+]c1ccc2c(c1)c1cc(C#N)ccc1n2-c1c(-c2ccc(-n3c4ccccc4c4ccccc43)cc2)cc(-c2nc(-c3ccccc3)nc(-c3ccccc3)n2)cc1-c1ccc(-n2c3ccccc3c3ccccc32)cc1. The van der Waals surface area contributed by atoms with Crippen molar-refractivity contribution in [1.82, 2.24) is 28.7 Å². The quantitative estimate of drug-likeness (QED) is 0.142. The summed E-state index contributed by atoms with van der Waals surface area (Å²) in [4.78, 5) is 19.6. The highest BCUT2D eigenvalue weighted by atomic mass is 15.0. The van der Waals surface area contributed by atoms with Crippen molar-refractivity contribution in [2.45, 2.75) is 0 Å². The summed E-state index contributed by atoms with van der Waals surface area (Å²) in [6, 6.07) is 90.7. The second-order valence-corrected chi connectivity index (χ2v) is 19.8. The van der Waals surface area contributed by atoms with Gasteiger partial charge < -0.3 is 13.7 Å². The summed E-state index contributed by atoms with van der Waals surface area (Å²) in [7, 11) is 0. The Kier molecular flexibility index (Phi) is 10.5. The van der Waals surface area contributed by atoms with Gasteiger partial charge in [0.1, 0.15) is 0 Å². The minimum absolute atomic E-state index is 0.518. The van der Waals surface area contributed by atoms with Crippen molar-refractivity contribution in [2.24, 2.45) is 0 Å². The lowest BCUT2D eigenvalue weighted by Crippen LogP contribution is -2.04. The second kappa shape index (κ2) is 18.3. The zero-order valence-electron chi connectivity index (χ0n) is 42.3. The minimum Gasteiger partial charge on any atom is -0.309 e. The van der Waals surface area contributed by atoms with Crippen molar-refractivity contribution in [3.63, 3.8) is 0 Å². The molecule has 0 saturated carbocycles. The topological polar surface area (TPSA) is 81.6 Å². The summed E-state index contributed by atoms with van der Waals surface area (Å²) in [6.07, 6.45) is 0. The molecule has 0 aliphatic rings. The van der Waals surface area contributed by atoms with Crippen LogP contribution < -0.4 is 0 Å². The van der Waals surface area contributed by atoms with Crippen LogP contribution in [0.4, 0.5) is 5.69 Å². The molecule has 0 saturated heterocycles. The Balaban J connectivity index is 1.04. The second-order valence-electron chi connectivity index (χ2n) is 19.8. The molecule has 0 aliphatic carbocycles. The van der Waals surface area contributed by atoms with Gasteiger partial charge in [-0.3, -0.25) is 0 Å². The molecule has 0 atom stereocenters. The number of nitrogens with zero attached hydrogens (tertiary/aromatic N) is 8. The van der Waals surface area contributed by atoms with Crippen LogP contribution in [0.5, 0.6) is 0 Å². The smallest absolute Gasteiger partial charge is 0.188 e. The average molecular weight is 1010 g/mol. The zero-order valence-corrected chi connectivity index (χ0v) is 42.3. The largest absolute Gasteiger partial charge is 0.309 e. The van der Waals surface area contributed by atoms with Gasteiger partial charge in [-0.2, -0.15) is 5.26 Å². The summed E-state index contributed by atoms with van der Waals surface area (Å²) in [5, 5.41) is 16.8. The number of nitriles is 1. The van der Waals surface area contributed by atoms with E-state index in [9.17, 15) is 5.26 Å². The maximum atomic E-state index is 10.3. The van der Waals surface area contributed by atoms with Crippen molar-refractivity contribution in [3.05, 3.63) is 272 Å². The van der Waals surface area contributed by atoms with E-state index in [4.69, 9.17) is 21.5 Å². The molecule has 11 aromatic carbocycles. The summed E-state index contributed by atoms with van der Waals surface area (Å²) in [5.74, 6) is 1.65. The number of rotatable bonds is 8. The van der Waals surface area contributed by atoms with Crippen molar-refractivity contribution in [1.29, 1.82) is 5.26 Å². The number of aromatic nitrogens is 6. The molecule has 0 unspecified atom stereocenters. The van der Waals surface area contributed by atoms with E-state index in [1.54, 1.807) is 0 Å². The van der Waals surface area contributed by atoms with Gasteiger partial charge >= 0.3 is 0 Å². The van der Waals surface area contributed by atoms with Crippen LogP contribution in [0.1, 0.15) is 5.56 Å². The third-order valence-electron chi connectivity index (χ3n) is 15.3. The highest BCUT2D eigenvalue weighted by Crippen LogP contribution is 2.46. The molecule has 0 fully saturated rings. The Morgan fingerprint density at radius 3 is 1.14 bits per heavy atom. The summed E-state index contributed by atoms with van der Waals surface area (Å²) >= 11 is 0. The van der Waals surface area contributed by atoms with Gasteiger partial charge in [0.05, 0.1) is 57.0 Å². The van der Waals surface area contributed by atoms with Crippen LogP contribution >= 0.6 is 0 Å². The number of hydrogen-bond acceptors (Lipinski definition) is 4. The lowest BCUT2D eigenvalue weighted by molar-refractivity contribution is 1.07. The Morgan fingerprint density at radius 1 is 0.329 bits per heavy atom. The van der Waals surface area contributed by atoms with Crippen LogP contribution in [0.25, 0.3) is 144 Å². The zero-order chi connectivity index (χ0) is 52.6. The van der Waals surface area contributed by atoms with E-state index in [2.05, 4.69) is 182 Å². The van der Waals surface area contributed by atoms with Crippen LogP contribution in [0, 0.1) is 17.9 Å². The first-order valence-corrected chi connectivity index (χ1v) is 26.2. The molecule has 0 N–H and O–H groups in total. The molecule has 79 heavy (non-hydrogen) atoms. The fourth-order valence-corrected chi connectivity index (χ4v) is 11.8. The van der Waals surface area contributed by atoms with Crippen LogP contribution in [0.3, 0.4) is 0 Å². The van der Waals surface area contributed by atoms with Crippen LogP contribution in [0.15, 0.2) is 255 Å². The van der Waals surface area contributed by atoms with E-state index < -0.39 is 0 Å². The Labute approximate surface area is 454 Å². The van der Waals surface area contributed by atoms with Gasteiger partial charge in [-0.1, -0.05) is 164 Å². The van der Waals surface area contributed by atoms with E-state index >= 15 is 0 Å². The molecule has 0 bridgehead atoms. The standard InChI is InChI=1S/C71H42N8/c1-73-51-33-39-67-61(43-51)60-40-45(44-72)28-38-66(60)79(67)68-58(46-29-34-52(35-30-46)77-62-24-12-8-20-54(62)55-21-9-13-25-63(55)77)41-50(71-75-69(48-16-4-2-5-17-48)74-70(76-71)49-18-6-3-7-19-49)42-59(68)47-31-36-53(37-32-47)78-64-26-14-10-22-56(64)57-23-11-15-27-65(57)78/h2-43H. The molecular formula is C71H42N8. The minimum atomic E-state index is 0.518. The predicted molar refractivity (Wildman–Crippen MR) is 321 cm³/mol. The van der Waals surface area contributed by atoms with Crippen molar-refractivity contribution in [2.75, 3.05) is 0 Å². The average Bonchev–Trinajstić information content (AvgIpc) is 4.26. The summed E-state index contributed by atoms with van der Waals surface area (Å²) in [5.41, 5.74) is 16.7. The van der Waals surface area contributed by atoms with Gasteiger partial charge in [-0.15, -0.1) is 0 Å². The van der Waals surface area contributed by atoms with Gasteiger partial charge in [0.25, 0.3) is 0 Å². The van der Waals surface area contributed by atoms with Gasteiger partial charge in [0.2, 0.25) is 0 Å². The summed E-state index contributed by atoms with van der Waals surface area (Å²) < 4.78 is 6.99. The first-order chi connectivity index (χ1) is 39.1. The molecule has 0 aliphatic heterocycles. The third kappa shape index (κ3) is 7.39. The number of para-hydroxylation sites is 4. The summed E-state index contributed by atoms with van der Waals surface area (Å²) in [6.45, 7) is 8.08. The lowest BCUT2D eigenvalue weighted by Gasteiger charge is -2.22. The van der Waals surface area contributed by atoms with Crippen LogP contribution in [-0.4, -0.2) is 28.7 Å². The van der Waals surface area contributed by atoms with Crippen molar-refractivity contribution in [3.8, 4) is 79.5 Å². The van der Waals surface area contributed by atoms with E-state index in [0.717, 1.165) is 99.9 Å². The molecule has 0 amide bonds. The van der Waals surface area contributed by atoms with Gasteiger partial charge in [0.15, 0.2) is 23.2 Å². The molecule has 8 heteroatoms. The normalized spacial score (nSPS) is 11.5. The van der Waals surface area contributed by atoms with Crippen molar-refractivity contribution < 1.29 is 0 Å². The van der Waals surface area contributed by atoms with Crippen LogP contribution in [-0.2, 0) is 0 Å². The molecule has 0 radical (unpaired) electrons. The fourth-order valence-electron chi connectivity index (χ4n) is 11.8. The Hall–Kier alpha value is -11.2. The fraction of sp³-hybridized carbons (Fsp3) is 0. The molecule has 4 aromatic heterocycles. The Morgan fingerprint density at radius 2 is 0.709 bits per heavy atom. The molecule has 366 valence electrons. The maximum absolute atomic E-state index is 10.3. The van der Waals surface area contributed by atoms with E-state index in [-0.39, 0.29) is 0 Å². The van der Waals surface area contributed by atoms with E-state index in [0.29, 0.717) is 28.7 Å². The first kappa shape index (κ1) is 45.2. The van der Waals surface area contributed by atoms with E-state index in [1.165, 1.54) is 21.5 Å². The third-order valence-corrected chi connectivity index (χ3v) is 15.3. The molecule has 15 rings (SSSR count). The van der Waals surface area contributed by atoms with Gasteiger partial charge in [0, 0.05) is 66.1 Å². The van der Waals surface area contributed by atoms with Gasteiger partial charge in [-0.05, 0) is 108 Å². The highest BCUT2D eigenvalue weighted by molar-refractivity contribution is 6.13. The molecule has 8 nitrogen and oxygen atoms in total. The van der Waals surface area contributed by atoms with Crippen LogP contribution in [0.2, 0.25) is 0 Å². The number of fused-ring (bicyclic) bond motifs is 9. The number of hydrogen-bond donors (Lipinski definition) is 0. The Bertz CT molecular complexity index is 4600. The molecule has 15 aromatic rings. The highest BCUT2D eigenvalue weighted by Gasteiger charge is 2.25. The maximum Gasteiger partial charge on any atom is 0.188 e.